The first-order chi connectivity index (χ1) is 8.83. The summed E-state index contributed by atoms with van der Waals surface area (Å²) in [7, 11) is 1.30. The molecule has 0 aromatic heterocycles. The lowest BCUT2D eigenvalue weighted by molar-refractivity contribution is 0.0602. The molecule has 19 heavy (non-hydrogen) atoms. The molecule has 1 rings (SSSR count). The van der Waals surface area contributed by atoms with Gasteiger partial charge in [-0.1, -0.05) is 0 Å². The quantitative estimate of drug-likeness (QED) is 0.636. The number of anilines is 1. The monoisotopic (exact) mass is 268 g/mol. The van der Waals surface area contributed by atoms with E-state index in [1.807, 2.05) is 0 Å². The second-order valence-corrected chi connectivity index (χ2v) is 5.29. The minimum atomic E-state index is -0.480. The third-order valence-corrected chi connectivity index (χ3v) is 2.48. The van der Waals surface area contributed by atoms with Crippen molar-refractivity contribution in [1.29, 1.82) is 0 Å². The molecule has 1 aromatic carbocycles. The Balaban J connectivity index is 2.66. The minimum absolute atomic E-state index is 0.0226. The van der Waals surface area contributed by atoms with Crippen LogP contribution >= 0.6 is 0 Å². The van der Waals surface area contributed by atoms with Crippen molar-refractivity contribution in [2.75, 3.05) is 25.5 Å². The van der Waals surface area contributed by atoms with Gasteiger partial charge in [0.2, 0.25) is 0 Å². The molecule has 106 valence electrons. The SMILES string of the molecule is COC(=O)c1ccc(F)cc1NCCNC(C)(C)C. The van der Waals surface area contributed by atoms with E-state index >= 15 is 0 Å². The molecule has 0 aliphatic heterocycles. The third kappa shape index (κ3) is 5.26. The van der Waals surface area contributed by atoms with Gasteiger partial charge in [0.25, 0.3) is 0 Å². The number of methoxy groups -OCH3 is 1. The lowest BCUT2D eigenvalue weighted by Crippen LogP contribution is -2.38. The van der Waals surface area contributed by atoms with Crippen LogP contribution in [-0.4, -0.2) is 31.7 Å². The summed E-state index contributed by atoms with van der Waals surface area (Å²) < 4.78 is 17.9. The number of esters is 1. The fourth-order valence-corrected chi connectivity index (χ4v) is 1.59. The van der Waals surface area contributed by atoms with Gasteiger partial charge in [-0.25, -0.2) is 9.18 Å². The second-order valence-electron chi connectivity index (χ2n) is 5.29. The van der Waals surface area contributed by atoms with Crippen molar-refractivity contribution in [3.63, 3.8) is 0 Å². The maximum absolute atomic E-state index is 13.2. The lowest BCUT2D eigenvalue weighted by Gasteiger charge is -2.21. The van der Waals surface area contributed by atoms with Crippen molar-refractivity contribution in [2.24, 2.45) is 0 Å². The van der Waals surface area contributed by atoms with Gasteiger partial charge in [0, 0.05) is 18.6 Å². The molecule has 0 spiro atoms. The van der Waals surface area contributed by atoms with Gasteiger partial charge >= 0.3 is 5.97 Å². The van der Waals surface area contributed by atoms with Crippen molar-refractivity contribution in [3.05, 3.63) is 29.6 Å². The van der Waals surface area contributed by atoms with Crippen molar-refractivity contribution in [1.82, 2.24) is 5.32 Å². The summed E-state index contributed by atoms with van der Waals surface area (Å²) >= 11 is 0. The third-order valence-electron chi connectivity index (χ3n) is 2.48. The van der Waals surface area contributed by atoms with E-state index in [0.717, 1.165) is 0 Å². The Hall–Kier alpha value is -1.62. The summed E-state index contributed by atoms with van der Waals surface area (Å²) in [6.45, 7) is 7.49. The summed E-state index contributed by atoms with van der Waals surface area (Å²) in [6.07, 6.45) is 0. The smallest absolute Gasteiger partial charge is 0.339 e. The van der Waals surface area contributed by atoms with Gasteiger partial charge in [0.05, 0.1) is 18.4 Å². The van der Waals surface area contributed by atoms with Gasteiger partial charge in [-0.15, -0.1) is 0 Å². The van der Waals surface area contributed by atoms with E-state index in [1.165, 1.54) is 25.3 Å². The number of ether oxygens (including phenoxy) is 1. The zero-order valence-electron chi connectivity index (χ0n) is 11.8. The van der Waals surface area contributed by atoms with Crippen LogP contribution in [0.25, 0.3) is 0 Å². The van der Waals surface area contributed by atoms with Crippen molar-refractivity contribution >= 4 is 11.7 Å². The predicted molar refractivity (Wildman–Crippen MR) is 74.0 cm³/mol. The number of carbonyl (C=O) groups is 1. The topological polar surface area (TPSA) is 50.4 Å². The summed E-state index contributed by atoms with van der Waals surface area (Å²) in [5.74, 6) is -0.870. The highest BCUT2D eigenvalue weighted by Gasteiger charge is 2.13. The summed E-state index contributed by atoms with van der Waals surface area (Å²) in [4.78, 5) is 11.5. The molecule has 1 aromatic rings. The molecule has 0 amide bonds. The van der Waals surface area contributed by atoms with E-state index in [2.05, 4.69) is 36.1 Å². The van der Waals surface area contributed by atoms with E-state index in [1.54, 1.807) is 0 Å². The van der Waals surface area contributed by atoms with Crippen molar-refractivity contribution in [2.45, 2.75) is 26.3 Å². The average Bonchev–Trinajstić information content (AvgIpc) is 2.33. The number of halogens is 1. The Morgan fingerprint density at radius 2 is 2.00 bits per heavy atom. The zero-order valence-corrected chi connectivity index (χ0v) is 11.8. The molecule has 0 bridgehead atoms. The van der Waals surface area contributed by atoms with Crippen LogP contribution in [0.3, 0.4) is 0 Å². The van der Waals surface area contributed by atoms with Crippen LogP contribution in [0.4, 0.5) is 10.1 Å². The van der Waals surface area contributed by atoms with Crippen LogP contribution in [0, 0.1) is 5.82 Å². The Morgan fingerprint density at radius 1 is 1.32 bits per heavy atom. The maximum Gasteiger partial charge on any atom is 0.339 e. The molecule has 0 saturated heterocycles. The largest absolute Gasteiger partial charge is 0.465 e. The van der Waals surface area contributed by atoms with Crippen LogP contribution in [0.5, 0.6) is 0 Å². The van der Waals surface area contributed by atoms with E-state index in [9.17, 15) is 9.18 Å². The molecular formula is C14H21FN2O2. The van der Waals surface area contributed by atoms with Crippen LogP contribution in [0.1, 0.15) is 31.1 Å². The van der Waals surface area contributed by atoms with Gasteiger partial charge in [-0.2, -0.15) is 0 Å². The first kappa shape index (κ1) is 15.4. The van der Waals surface area contributed by atoms with Crippen molar-refractivity contribution in [3.8, 4) is 0 Å². The number of rotatable bonds is 5. The van der Waals surface area contributed by atoms with E-state index < -0.39 is 5.97 Å². The van der Waals surface area contributed by atoms with E-state index in [4.69, 9.17) is 0 Å². The van der Waals surface area contributed by atoms with Crippen LogP contribution in [-0.2, 0) is 4.74 Å². The van der Waals surface area contributed by atoms with Gasteiger partial charge in [-0.05, 0) is 39.0 Å². The van der Waals surface area contributed by atoms with Crippen LogP contribution in [0.2, 0.25) is 0 Å². The molecule has 0 fully saturated rings. The first-order valence-corrected chi connectivity index (χ1v) is 6.20. The summed E-state index contributed by atoms with van der Waals surface area (Å²) in [5.41, 5.74) is 0.802. The fraction of sp³-hybridized carbons (Fsp3) is 0.500. The molecule has 4 nitrogen and oxygen atoms in total. The Bertz CT molecular complexity index is 442. The lowest BCUT2D eigenvalue weighted by atomic mass is 10.1. The Kier molecular flexibility index (Phi) is 5.30. The highest BCUT2D eigenvalue weighted by atomic mass is 19.1. The molecule has 0 unspecified atom stereocenters. The van der Waals surface area contributed by atoms with Gasteiger partial charge < -0.3 is 15.4 Å². The van der Waals surface area contributed by atoms with Crippen LogP contribution < -0.4 is 10.6 Å². The summed E-state index contributed by atoms with van der Waals surface area (Å²) in [5, 5.41) is 6.34. The van der Waals surface area contributed by atoms with Crippen LogP contribution in [0.15, 0.2) is 18.2 Å². The molecule has 5 heteroatoms. The van der Waals surface area contributed by atoms with Crippen molar-refractivity contribution < 1.29 is 13.9 Å². The molecule has 0 saturated carbocycles. The fourth-order valence-electron chi connectivity index (χ4n) is 1.59. The molecule has 0 heterocycles. The number of hydrogen-bond donors (Lipinski definition) is 2. The number of hydrogen-bond acceptors (Lipinski definition) is 4. The first-order valence-electron chi connectivity index (χ1n) is 6.20. The molecular weight excluding hydrogens is 247 g/mol. The Labute approximate surface area is 113 Å². The summed E-state index contributed by atoms with van der Waals surface area (Å²) in [6, 6.07) is 3.95. The maximum atomic E-state index is 13.2. The molecule has 0 radical (unpaired) electrons. The van der Waals surface area contributed by atoms with Gasteiger partial charge in [0.15, 0.2) is 0 Å². The van der Waals surface area contributed by atoms with Gasteiger partial charge in [0.1, 0.15) is 5.82 Å². The number of benzene rings is 1. The standard InChI is InChI=1S/C14H21FN2O2/c1-14(2,3)17-8-7-16-12-9-10(15)5-6-11(12)13(18)19-4/h5-6,9,16-17H,7-8H2,1-4H3. The number of nitrogens with one attached hydrogen (secondary N) is 2. The highest BCUT2D eigenvalue weighted by Crippen LogP contribution is 2.17. The second kappa shape index (κ2) is 6.52. The van der Waals surface area contributed by atoms with E-state index in [-0.39, 0.29) is 11.4 Å². The van der Waals surface area contributed by atoms with E-state index in [0.29, 0.717) is 24.3 Å². The molecule has 0 aliphatic carbocycles. The van der Waals surface area contributed by atoms with Gasteiger partial charge in [-0.3, -0.25) is 0 Å². The zero-order chi connectivity index (χ0) is 14.5. The Morgan fingerprint density at radius 3 is 2.58 bits per heavy atom. The number of carbonyl (C=O) groups excluding carboxylic acids is 1. The molecule has 0 atom stereocenters. The average molecular weight is 268 g/mol. The minimum Gasteiger partial charge on any atom is -0.465 e. The highest BCUT2D eigenvalue weighted by molar-refractivity contribution is 5.95. The molecule has 0 aliphatic rings. The normalized spacial score (nSPS) is 11.2. The predicted octanol–water partition coefficient (Wildman–Crippen LogP) is 2.41. The molecule has 2 N–H and O–H groups in total.